The summed E-state index contributed by atoms with van der Waals surface area (Å²) in [6.07, 6.45) is 1.65. The van der Waals surface area contributed by atoms with Crippen LogP contribution in [0.5, 0.6) is 5.75 Å². The van der Waals surface area contributed by atoms with Crippen molar-refractivity contribution in [3.05, 3.63) is 166 Å². The van der Waals surface area contributed by atoms with Crippen LogP contribution in [0.25, 0.3) is 22.0 Å². The number of carbonyl (C=O) groups excluding carboxylic acids is 1. The van der Waals surface area contributed by atoms with Gasteiger partial charge < -0.3 is 14.9 Å². The van der Waals surface area contributed by atoms with E-state index in [0.717, 1.165) is 33.2 Å². The third-order valence-electron chi connectivity index (χ3n) is 8.22. The zero-order chi connectivity index (χ0) is 30.4. The van der Waals surface area contributed by atoms with E-state index >= 15 is 0 Å². The number of para-hydroxylation sites is 1. The summed E-state index contributed by atoms with van der Waals surface area (Å²) in [5, 5.41) is 20.0. The van der Waals surface area contributed by atoms with Crippen LogP contribution in [0.15, 0.2) is 128 Å². The number of pyridine rings is 1. The number of aromatic carboxylic acids is 2. The van der Waals surface area contributed by atoms with Crippen molar-refractivity contribution in [2.75, 3.05) is 0 Å². The van der Waals surface area contributed by atoms with Crippen molar-refractivity contribution in [1.29, 1.82) is 0 Å². The minimum atomic E-state index is -1.04. The zero-order valence-corrected chi connectivity index (χ0v) is 23.1. The van der Waals surface area contributed by atoms with Gasteiger partial charge in [0.2, 0.25) is 0 Å². The number of aromatic nitrogens is 1. The van der Waals surface area contributed by atoms with E-state index in [0.29, 0.717) is 22.4 Å². The zero-order valence-electron chi connectivity index (χ0n) is 23.1. The first-order valence-electron chi connectivity index (χ1n) is 13.9. The molecule has 1 aromatic heterocycles. The van der Waals surface area contributed by atoms with Crippen LogP contribution in [-0.4, -0.2) is 33.1 Å². The van der Waals surface area contributed by atoms with Crippen molar-refractivity contribution in [1.82, 2.24) is 4.98 Å². The third-order valence-corrected chi connectivity index (χ3v) is 8.22. The third kappa shape index (κ3) is 4.06. The molecule has 0 spiro atoms. The second-order valence-electron chi connectivity index (χ2n) is 10.5. The number of hydrogen-bond donors (Lipinski definition) is 2. The minimum Gasteiger partial charge on any atom is -0.478 e. The Morgan fingerprint density at radius 3 is 1.86 bits per heavy atom. The van der Waals surface area contributed by atoms with Crippen LogP contribution < -0.4 is 4.74 Å². The fourth-order valence-corrected chi connectivity index (χ4v) is 6.33. The van der Waals surface area contributed by atoms with E-state index in [1.54, 1.807) is 72.9 Å². The Kier molecular flexibility index (Phi) is 6.29. The smallest absolute Gasteiger partial charge is 0.344 e. The SMILES string of the molecule is O=C(O)c1ccc(C2(c3ccc(C(=O)O)cc3)c3ccccc3-c3c(C(=O)Oc4cccc5cccnc45)cccc32)cc1. The van der Waals surface area contributed by atoms with Gasteiger partial charge in [-0.3, -0.25) is 4.98 Å². The van der Waals surface area contributed by atoms with E-state index < -0.39 is 23.3 Å². The molecule has 5 aromatic carbocycles. The molecule has 0 amide bonds. The summed E-state index contributed by atoms with van der Waals surface area (Å²) in [6.45, 7) is 0. The lowest BCUT2D eigenvalue weighted by molar-refractivity contribution is 0.0686. The topological polar surface area (TPSA) is 114 Å². The fourth-order valence-electron chi connectivity index (χ4n) is 6.33. The standard InChI is InChI=1S/C37H23NO6/c39-34(40)23-13-17-25(18-14-23)37(26-19-15-24(16-20-26)35(41)42)29-10-2-1-8-27(29)32-28(9-4-11-30(32)37)36(43)44-31-12-3-6-22-7-5-21-38-33(22)31/h1-21H,(H,39,40)(H,41,42). The predicted octanol–water partition coefficient (Wildman–Crippen LogP) is 7.21. The lowest BCUT2D eigenvalue weighted by atomic mass is 9.67. The lowest BCUT2D eigenvalue weighted by Crippen LogP contribution is -2.29. The van der Waals surface area contributed by atoms with Gasteiger partial charge in [-0.15, -0.1) is 0 Å². The molecule has 0 saturated carbocycles. The Bertz CT molecular complexity index is 2050. The number of benzene rings is 5. The van der Waals surface area contributed by atoms with Crippen molar-refractivity contribution in [2.45, 2.75) is 5.41 Å². The van der Waals surface area contributed by atoms with Gasteiger partial charge in [0, 0.05) is 17.1 Å². The monoisotopic (exact) mass is 577 g/mol. The maximum Gasteiger partial charge on any atom is 0.344 e. The fraction of sp³-hybridized carbons (Fsp3) is 0.0270. The van der Waals surface area contributed by atoms with Crippen LogP contribution in [0.3, 0.4) is 0 Å². The number of carboxylic acids is 2. The molecule has 212 valence electrons. The van der Waals surface area contributed by atoms with Gasteiger partial charge in [-0.25, -0.2) is 14.4 Å². The summed E-state index contributed by atoms with van der Waals surface area (Å²) in [6, 6.07) is 35.7. The molecule has 0 radical (unpaired) electrons. The highest BCUT2D eigenvalue weighted by Crippen LogP contribution is 2.57. The average molecular weight is 578 g/mol. The molecule has 44 heavy (non-hydrogen) atoms. The summed E-state index contributed by atoms with van der Waals surface area (Å²) >= 11 is 0. The van der Waals surface area contributed by atoms with E-state index in [2.05, 4.69) is 4.98 Å². The maximum atomic E-state index is 14.0. The Morgan fingerprint density at radius 1 is 0.614 bits per heavy atom. The van der Waals surface area contributed by atoms with Crippen molar-refractivity contribution in [3.8, 4) is 16.9 Å². The van der Waals surface area contributed by atoms with E-state index in [9.17, 15) is 24.6 Å². The Hall–Kier alpha value is -6.08. The summed E-state index contributed by atoms with van der Waals surface area (Å²) in [7, 11) is 0. The van der Waals surface area contributed by atoms with Crippen LogP contribution in [-0.2, 0) is 5.41 Å². The summed E-state index contributed by atoms with van der Waals surface area (Å²) < 4.78 is 5.99. The van der Waals surface area contributed by atoms with Crippen molar-refractivity contribution < 1.29 is 29.3 Å². The van der Waals surface area contributed by atoms with Crippen molar-refractivity contribution >= 4 is 28.8 Å². The minimum absolute atomic E-state index is 0.137. The molecule has 0 atom stereocenters. The molecule has 0 unspecified atom stereocenters. The van der Waals surface area contributed by atoms with Gasteiger partial charge in [-0.2, -0.15) is 0 Å². The average Bonchev–Trinajstić information content (AvgIpc) is 3.36. The highest BCUT2D eigenvalue weighted by Gasteiger charge is 2.47. The second-order valence-corrected chi connectivity index (χ2v) is 10.5. The summed E-state index contributed by atoms with van der Waals surface area (Å²) in [5.74, 6) is -2.29. The van der Waals surface area contributed by atoms with E-state index in [1.165, 1.54) is 0 Å². The molecule has 1 aliphatic carbocycles. The number of ether oxygens (including phenoxy) is 1. The van der Waals surface area contributed by atoms with Crippen LogP contribution in [0, 0.1) is 0 Å². The van der Waals surface area contributed by atoms with Crippen LogP contribution in [0.2, 0.25) is 0 Å². The molecule has 2 N–H and O–H groups in total. The quantitative estimate of drug-likeness (QED) is 0.159. The van der Waals surface area contributed by atoms with Crippen LogP contribution in [0.1, 0.15) is 53.3 Å². The van der Waals surface area contributed by atoms with Gasteiger partial charge in [-0.05, 0) is 70.3 Å². The molecule has 0 aliphatic heterocycles. The van der Waals surface area contributed by atoms with E-state index in [1.807, 2.05) is 54.6 Å². The van der Waals surface area contributed by atoms with Gasteiger partial charge in [0.25, 0.3) is 0 Å². The van der Waals surface area contributed by atoms with Crippen molar-refractivity contribution in [3.63, 3.8) is 0 Å². The largest absolute Gasteiger partial charge is 0.478 e. The molecule has 0 saturated heterocycles. The Labute approximate surface area is 251 Å². The molecule has 1 heterocycles. The number of nitrogens with zero attached hydrogens (tertiary/aromatic N) is 1. The molecule has 1 aliphatic rings. The first-order valence-corrected chi connectivity index (χ1v) is 13.9. The Balaban J connectivity index is 1.47. The van der Waals surface area contributed by atoms with E-state index in [4.69, 9.17) is 4.74 Å². The number of esters is 1. The summed E-state index contributed by atoms with van der Waals surface area (Å²) in [5.41, 5.74) is 4.90. The van der Waals surface area contributed by atoms with Crippen molar-refractivity contribution in [2.24, 2.45) is 0 Å². The van der Waals surface area contributed by atoms with Gasteiger partial charge in [0.1, 0.15) is 5.52 Å². The molecule has 7 rings (SSSR count). The number of rotatable bonds is 6. The molecule has 7 heteroatoms. The van der Waals surface area contributed by atoms with Crippen LogP contribution in [0.4, 0.5) is 0 Å². The first kappa shape index (κ1) is 26.8. The predicted molar refractivity (Wildman–Crippen MR) is 164 cm³/mol. The Morgan fingerprint density at radius 2 is 1.20 bits per heavy atom. The molecule has 7 nitrogen and oxygen atoms in total. The highest BCUT2D eigenvalue weighted by molar-refractivity contribution is 6.04. The van der Waals surface area contributed by atoms with Gasteiger partial charge in [0.05, 0.1) is 22.1 Å². The maximum absolute atomic E-state index is 14.0. The van der Waals surface area contributed by atoms with Gasteiger partial charge in [-0.1, -0.05) is 78.9 Å². The second kappa shape index (κ2) is 10.3. The van der Waals surface area contributed by atoms with Gasteiger partial charge in [0.15, 0.2) is 5.75 Å². The van der Waals surface area contributed by atoms with Gasteiger partial charge >= 0.3 is 17.9 Å². The first-order chi connectivity index (χ1) is 21.4. The van der Waals surface area contributed by atoms with Crippen LogP contribution >= 0.6 is 0 Å². The normalized spacial score (nSPS) is 12.7. The molecule has 0 fully saturated rings. The summed E-state index contributed by atoms with van der Waals surface area (Å²) in [4.78, 5) is 41.8. The number of carboxylic acid groups (broad SMARTS) is 2. The number of fused-ring (bicyclic) bond motifs is 4. The number of carbonyl (C=O) groups is 3. The van der Waals surface area contributed by atoms with E-state index in [-0.39, 0.29) is 11.1 Å². The number of hydrogen-bond acceptors (Lipinski definition) is 5. The molecule has 0 bridgehead atoms. The molecule has 6 aromatic rings. The lowest BCUT2D eigenvalue weighted by Gasteiger charge is -2.34. The molecular weight excluding hydrogens is 554 g/mol. The molecular formula is C37H23NO6. The highest BCUT2D eigenvalue weighted by atomic mass is 16.5.